The Morgan fingerprint density at radius 3 is 1.47 bits per heavy atom. The third-order valence-corrected chi connectivity index (χ3v) is 15.7. The van der Waals surface area contributed by atoms with Crippen LogP contribution in [0.4, 0.5) is 0 Å². The summed E-state index contributed by atoms with van der Waals surface area (Å²) in [6, 6.07) is 0. The van der Waals surface area contributed by atoms with Crippen LogP contribution < -0.4 is 16.9 Å². The predicted molar refractivity (Wildman–Crippen MR) is 253 cm³/mol. The molecule has 6 aliphatic rings. The van der Waals surface area contributed by atoms with E-state index in [1.54, 1.807) is 6.08 Å². The van der Waals surface area contributed by atoms with Crippen molar-refractivity contribution in [1.29, 1.82) is 0 Å². The number of hydrogen-bond donors (Lipinski definition) is 4. The molecule has 6 N–H and O–H groups in total. The second kappa shape index (κ2) is 27.9. The molecule has 372 valence electrons. The number of Topliss-reactive ketones (excluding diaryl/α,β-unsaturated/α-hetero) is 1. The number of ketones is 1. The summed E-state index contributed by atoms with van der Waals surface area (Å²) in [5.74, 6) is 11.2. The lowest BCUT2D eigenvalue weighted by molar-refractivity contribution is -0.315. The minimum atomic E-state index is -0.716. The fourth-order valence-corrected chi connectivity index (χ4v) is 11.3. The van der Waals surface area contributed by atoms with Crippen LogP contribution in [0.1, 0.15) is 167 Å². The number of allylic oxidation sites excluding steroid dienone is 1. The molecule has 5 aliphatic carbocycles. The highest BCUT2D eigenvalue weighted by molar-refractivity contribution is 5.85. The first-order chi connectivity index (χ1) is 29.5. The molecule has 14 heteroatoms. The monoisotopic (exact) mass is 928 g/mol. The van der Waals surface area contributed by atoms with Gasteiger partial charge in [0.1, 0.15) is 5.78 Å². The second-order valence-corrected chi connectivity index (χ2v) is 21.5. The highest BCUT2D eigenvalue weighted by Gasteiger charge is 2.47. The van der Waals surface area contributed by atoms with E-state index in [1.165, 1.54) is 18.4 Å². The van der Waals surface area contributed by atoms with E-state index in [4.69, 9.17) is 31.1 Å². The molecule has 0 radical (unpaired) electrons. The van der Waals surface area contributed by atoms with Crippen LogP contribution in [-0.2, 0) is 43.3 Å². The van der Waals surface area contributed by atoms with Gasteiger partial charge < -0.3 is 25.6 Å². The Morgan fingerprint density at radius 1 is 0.672 bits per heavy atom. The molecular formula is C50H90ClN3O10. The third-order valence-electron chi connectivity index (χ3n) is 15.7. The zero-order valence-electron chi connectivity index (χ0n) is 41.8. The molecule has 6 rings (SSSR count). The molecule has 0 aromatic rings. The van der Waals surface area contributed by atoms with Crippen LogP contribution in [0, 0.1) is 75.4 Å². The summed E-state index contributed by atoms with van der Waals surface area (Å²) in [6.45, 7) is 28.4. The molecule has 1 heterocycles. The standard InChI is InChI=1S/C12H23NO4.C11H18O2.C10H19NO2.C10H17NO.C7H12O.ClH/c1-4-15-11(14)7-12(8-16-17-13)5-9(2)10(3)6-12;1-4-13-11(12)7-10-5-8(2)9(3)6-10;1-7-3-10(6-11,4-8(7)2)5-9(12)13;1-7-3-10(4-8(7)2)5-9(12)11-6-10;1-5-3-7(8)4-6(5)2;/h9-10H,4-8,13H2,1-3H3;7-9H,4-6H2,1-3H3;7-8H,3-6,11H2,1-2H3,(H,12,13);7-8H,3-6H2,1-2H3,(H,11,12);5-6H,3-4H2,1-2H3;1H/t9-,10-;8-,9-;2*7-,8-;5-,6-;/m00000./s1. The summed E-state index contributed by atoms with van der Waals surface area (Å²) in [4.78, 5) is 64.2. The van der Waals surface area contributed by atoms with Crippen LogP contribution in [0.25, 0.3) is 0 Å². The summed E-state index contributed by atoms with van der Waals surface area (Å²) in [5, 5.41) is 11.7. The molecule has 0 unspecified atom stereocenters. The number of carbonyl (C=O) groups is 5. The normalized spacial score (nSPS) is 31.4. The fraction of sp³-hybridized carbons (Fsp3) is 0.860. The number of aliphatic carboxylic acids is 1. The maximum atomic E-state index is 11.6. The molecule has 1 spiro atoms. The number of amides is 1. The van der Waals surface area contributed by atoms with E-state index < -0.39 is 5.97 Å². The summed E-state index contributed by atoms with van der Waals surface area (Å²) in [5.41, 5.74) is 6.96. The maximum Gasteiger partial charge on any atom is 0.330 e. The molecule has 64 heavy (non-hydrogen) atoms. The van der Waals surface area contributed by atoms with Crippen molar-refractivity contribution in [3.63, 3.8) is 0 Å². The number of carbonyl (C=O) groups excluding carboxylic acids is 4. The van der Waals surface area contributed by atoms with Crippen molar-refractivity contribution in [2.45, 2.75) is 167 Å². The van der Waals surface area contributed by atoms with Gasteiger partial charge in [-0.2, -0.15) is 5.90 Å². The van der Waals surface area contributed by atoms with E-state index in [2.05, 4.69) is 79.5 Å². The van der Waals surface area contributed by atoms with Gasteiger partial charge in [0.25, 0.3) is 0 Å². The van der Waals surface area contributed by atoms with E-state index in [0.717, 1.165) is 76.2 Å². The maximum absolute atomic E-state index is 11.6. The molecule has 1 saturated heterocycles. The minimum Gasteiger partial charge on any atom is -0.481 e. The van der Waals surface area contributed by atoms with Gasteiger partial charge in [0.2, 0.25) is 5.91 Å². The SMILES string of the molecule is CCOC(=O)C=C1C[C@H](C)[C@@H](C)C1.CCOC(=O)CC1(COON)C[C@H](C)[C@@H](C)C1.C[C@H]1CC(=O)C[C@@H]1C.C[C@H]1CC(CN)(CC(=O)O)C[C@@H]1C.C[C@H]1CC2(CNC(=O)C2)C[C@@H]1C.Cl. The van der Waals surface area contributed by atoms with Crippen molar-refractivity contribution in [1.82, 2.24) is 5.32 Å². The zero-order chi connectivity index (χ0) is 47.7. The Hall–Kier alpha value is -2.58. The van der Waals surface area contributed by atoms with Crippen LogP contribution in [0.3, 0.4) is 0 Å². The van der Waals surface area contributed by atoms with E-state index in [0.29, 0.717) is 91.3 Å². The Labute approximate surface area is 392 Å². The lowest BCUT2D eigenvalue weighted by atomic mass is 9.82. The first-order valence-corrected chi connectivity index (χ1v) is 24.2. The summed E-state index contributed by atoms with van der Waals surface area (Å²) in [7, 11) is 0. The summed E-state index contributed by atoms with van der Waals surface area (Å²) >= 11 is 0. The number of hydrogen-bond acceptors (Lipinski definition) is 11. The van der Waals surface area contributed by atoms with Crippen LogP contribution in [0.2, 0.25) is 0 Å². The van der Waals surface area contributed by atoms with Gasteiger partial charge in [-0.05, 0) is 142 Å². The van der Waals surface area contributed by atoms with Crippen molar-refractivity contribution in [2.24, 2.45) is 87.1 Å². The number of halogens is 1. The average molecular weight is 929 g/mol. The van der Waals surface area contributed by atoms with Crippen molar-refractivity contribution in [2.75, 3.05) is 32.9 Å². The number of carboxylic acids is 1. The Morgan fingerprint density at radius 2 is 1.11 bits per heavy atom. The van der Waals surface area contributed by atoms with Crippen LogP contribution >= 0.6 is 12.4 Å². The largest absolute Gasteiger partial charge is 0.481 e. The van der Waals surface area contributed by atoms with E-state index >= 15 is 0 Å². The van der Waals surface area contributed by atoms with Gasteiger partial charge in [-0.1, -0.05) is 74.8 Å². The van der Waals surface area contributed by atoms with Gasteiger partial charge in [0.15, 0.2) is 0 Å². The number of carboxylic acid groups (broad SMARTS) is 1. The van der Waals surface area contributed by atoms with Crippen molar-refractivity contribution < 1.29 is 48.4 Å². The highest BCUT2D eigenvalue weighted by Crippen LogP contribution is 2.50. The van der Waals surface area contributed by atoms with Gasteiger partial charge in [-0.3, -0.25) is 19.2 Å². The lowest BCUT2D eigenvalue weighted by Gasteiger charge is -2.26. The minimum absolute atomic E-state index is 0. The van der Waals surface area contributed by atoms with Crippen molar-refractivity contribution >= 4 is 42.0 Å². The molecule has 0 aromatic heterocycles. The molecule has 13 nitrogen and oxygen atoms in total. The molecule has 1 amide bonds. The number of rotatable bonds is 11. The second-order valence-electron chi connectivity index (χ2n) is 21.5. The van der Waals surface area contributed by atoms with Gasteiger partial charge in [0, 0.05) is 37.3 Å². The molecule has 0 bridgehead atoms. The Balaban J connectivity index is 0.000000405. The molecular weight excluding hydrogens is 838 g/mol. The first kappa shape index (κ1) is 59.4. The number of nitrogens with one attached hydrogen (secondary N) is 1. The quantitative estimate of drug-likeness (QED) is 0.0662. The molecule has 6 fully saturated rings. The third kappa shape index (κ3) is 19.3. The van der Waals surface area contributed by atoms with Crippen molar-refractivity contribution in [3.8, 4) is 0 Å². The first-order valence-electron chi connectivity index (χ1n) is 24.2. The molecule has 1 aliphatic heterocycles. The number of esters is 2. The number of nitrogens with two attached hydrogens (primary N) is 2. The highest BCUT2D eigenvalue weighted by atomic mass is 35.5. The molecule has 10 atom stereocenters. The predicted octanol–water partition coefficient (Wildman–Crippen LogP) is 9.43. The Kier molecular flexibility index (Phi) is 25.9. The average Bonchev–Trinajstić information content (AvgIpc) is 4.00. The van der Waals surface area contributed by atoms with Crippen LogP contribution in [-0.4, -0.2) is 67.6 Å². The van der Waals surface area contributed by atoms with Gasteiger partial charge >= 0.3 is 17.9 Å². The fourth-order valence-electron chi connectivity index (χ4n) is 11.3. The smallest absolute Gasteiger partial charge is 0.330 e. The van der Waals surface area contributed by atoms with Gasteiger partial charge in [0.05, 0.1) is 32.7 Å². The van der Waals surface area contributed by atoms with E-state index in [-0.39, 0.29) is 47.5 Å². The summed E-state index contributed by atoms with van der Waals surface area (Å²) in [6.07, 6.45) is 13.1. The van der Waals surface area contributed by atoms with E-state index in [1.807, 2.05) is 13.8 Å². The van der Waals surface area contributed by atoms with Crippen LogP contribution in [0.15, 0.2) is 11.6 Å². The van der Waals surface area contributed by atoms with Gasteiger partial charge in [-0.25, -0.2) is 9.68 Å². The molecule has 0 aromatic carbocycles. The topological polar surface area (TPSA) is 207 Å². The zero-order valence-corrected chi connectivity index (χ0v) is 42.6. The molecule has 5 saturated carbocycles. The summed E-state index contributed by atoms with van der Waals surface area (Å²) < 4.78 is 9.87. The van der Waals surface area contributed by atoms with Crippen molar-refractivity contribution in [3.05, 3.63) is 11.6 Å². The Bertz CT molecular complexity index is 1450. The van der Waals surface area contributed by atoms with E-state index in [9.17, 15) is 24.0 Å². The lowest BCUT2D eigenvalue weighted by Crippen LogP contribution is -2.30. The van der Waals surface area contributed by atoms with Gasteiger partial charge in [-0.15, -0.1) is 17.4 Å². The number of ether oxygens (including phenoxy) is 2. The van der Waals surface area contributed by atoms with Crippen LogP contribution in [0.5, 0.6) is 0 Å².